The van der Waals surface area contributed by atoms with Crippen molar-refractivity contribution in [2.24, 2.45) is 11.5 Å². The summed E-state index contributed by atoms with van der Waals surface area (Å²) in [5.41, 5.74) is 11.2. The number of carboxylic acid groups (broad SMARTS) is 2. The van der Waals surface area contributed by atoms with E-state index >= 15 is 0 Å². The van der Waals surface area contributed by atoms with E-state index in [9.17, 15) is 0 Å². The molecular formula is C14H26N4O6. The molecule has 10 nitrogen and oxygen atoms in total. The van der Waals surface area contributed by atoms with Gasteiger partial charge in [-0.15, -0.1) is 0 Å². The van der Waals surface area contributed by atoms with Gasteiger partial charge in [0.05, 0.1) is 38.5 Å². The summed E-state index contributed by atoms with van der Waals surface area (Å²) in [4.78, 5) is 23.0. The number of hydrogen-bond acceptors (Lipinski definition) is 8. The Morgan fingerprint density at radius 1 is 0.750 bits per heavy atom. The van der Waals surface area contributed by atoms with Crippen molar-refractivity contribution >= 4 is 11.9 Å². The molecular weight excluding hydrogens is 320 g/mol. The molecule has 4 fully saturated rings. The lowest BCUT2D eigenvalue weighted by Crippen LogP contribution is -2.64. The van der Waals surface area contributed by atoms with Gasteiger partial charge in [0.15, 0.2) is 0 Å². The van der Waals surface area contributed by atoms with Gasteiger partial charge >= 0.3 is 11.9 Å². The van der Waals surface area contributed by atoms with Crippen LogP contribution in [0.15, 0.2) is 0 Å². The summed E-state index contributed by atoms with van der Waals surface area (Å²) in [6.07, 6.45) is 0. The van der Waals surface area contributed by atoms with Crippen molar-refractivity contribution in [2.45, 2.75) is 24.2 Å². The van der Waals surface area contributed by atoms with Crippen LogP contribution in [0, 0.1) is 0 Å². The predicted octanol–water partition coefficient (Wildman–Crippen LogP) is -2.79. The molecule has 0 aromatic heterocycles. The van der Waals surface area contributed by atoms with Crippen molar-refractivity contribution < 1.29 is 29.3 Å². The number of nitrogens with two attached hydrogens (primary N) is 2. The Morgan fingerprint density at radius 2 is 1.04 bits per heavy atom. The molecule has 4 saturated heterocycles. The second kappa shape index (κ2) is 8.70. The normalized spacial score (nSPS) is 25.6. The SMILES string of the molecule is NC1CN(C2COC2)C1.NC1CN(C2COC2)C1.O=C(O)C(=O)O. The quantitative estimate of drug-likeness (QED) is 0.386. The Labute approximate surface area is 140 Å². The zero-order chi connectivity index (χ0) is 17.7. The van der Waals surface area contributed by atoms with Gasteiger partial charge in [0, 0.05) is 38.3 Å². The molecule has 0 atom stereocenters. The number of ether oxygens (including phenoxy) is 2. The second-order valence-electron chi connectivity index (χ2n) is 6.42. The van der Waals surface area contributed by atoms with Gasteiger partial charge in [-0.25, -0.2) is 9.59 Å². The van der Waals surface area contributed by atoms with Crippen molar-refractivity contribution in [2.75, 3.05) is 52.6 Å². The van der Waals surface area contributed by atoms with E-state index in [1.54, 1.807) is 0 Å². The molecule has 4 heterocycles. The highest BCUT2D eigenvalue weighted by Crippen LogP contribution is 2.17. The van der Waals surface area contributed by atoms with Gasteiger partial charge in [-0.05, 0) is 0 Å². The van der Waals surface area contributed by atoms with Gasteiger partial charge in [0.25, 0.3) is 0 Å². The van der Waals surface area contributed by atoms with Crippen LogP contribution in [0.3, 0.4) is 0 Å². The van der Waals surface area contributed by atoms with Crippen LogP contribution in [-0.2, 0) is 19.1 Å². The first-order valence-corrected chi connectivity index (χ1v) is 7.97. The zero-order valence-corrected chi connectivity index (χ0v) is 13.5. The lowest BCUT2D eigenvalue weighted by Gasteiger charge is -2.46. The molecule has 0 aromatic carbocycles. The van der Waals surface area contributed by atoms with E-state index in [0.29, 0.717) is 24.2 Å². The number of carbonyl (C=O) groups is 2. The van der Waals surface area contributed by atoms with E-state index in [1.165, 1.54) is 0 Å². The lowest BCUT2D eigenvalue weighted by atomic mass is 10.1. The molecule has 0 unspecified atom stereocenters. The summed E-state index contributed by atoms with van der Waals surface area (Å²) in [5.74, 6) is -3.65. The number of carboxylic acids is 2. The summed E-state index contributed by atoms with van der Waals surface area (Å²) in [6, 6.07) is 2.27. The third-order valence-electron chi connectivity index (χ3n) is 4.33. The molecule has 0 spiro atoms. The fourth-order valence-electron chi connectivity index (χ4n) is 2.56. The molecule has 0 amide bonds. The van der Waals surface area contributed by atoms with Crippen LogP contribution in [-0.4, -0.2) is 109 Å². The maximum Gasteiger partial charge on any atom is 0.414 e. The van der Waals surface area contributed by atoms with Gasteiger partial charge in [0.2, 0.25) is 0 Å². The van der Waals surface area contributed by atoms with Crippen LogP contribution < -0.4 is 11.5 Å². The van der Waals surface area contributed by atoms with Crippen LogP contribution in [0.4, 0.5) is 0 Å². The molecule has 24 heavy (non-hydrogen) atoms. The van der Waals surface area contributed by atoms with Crippen LogP contribution in [0.1, 0.15) is 0 Å². The smallest absolute Gasteiger partial charge is 0.414 e. The average Bonchev–Trinajstić information content (AvgIpc) is 2.32. The van der Waals surface area contributed by atoms with E-state index in [2.05, 4.69) is 9.80 Å². The lowest BCUT2D eigenvalue weighted by molar-refractivity contribution is -0.159. The Morgan fingerprint density at radius 3 is 1.17 bits per heavy atom. The number of likely N-dealkylation sites (tertiary alicyclic amines) is 2. The Balaban J connectivity index is 0.000000134. The fraction of sp³-hybridized carbons (Fsp3) is 0.857. The molecule has 0 saturated carbocycles. The zero-order valence-electron chi connectivity index (χ0n) is 13.5. The summed E-state index contributed by atoms with van der Waals surface area (Å²) in [5, 5.41) is 14.8. The molecule has 4 aliphatic heterocycles. The minimum absolute atomic E-state index is 0.436. The maximum atomic E-state index is 9.10. The van der Waals surface area contributed by atoms with Crippen molar-refractivity contribution in [1.29, 1.82) is 0 Å². The van der Waals surface area contributed by atoms with Crippen LogP contribution in [0.25, 0.3) is 0 Å². The number of aliphatic carboxylic acids is 2. The minimum atomic E-state index is -1.82. The number of nitrogens with zero attached hydrogens (tertiary/aromatic N) is 2. The maximum absolute atomic E-state index is 9.10. The standard InChI is InChI=1S/2C6H12N2O.C2H2O4/c2*7-5-1-8(2-5)6-3-9-4-6;3-1(4)2(5)6/h2*5-6H,1-4,7H2;(H,3,4)(H,5,6). The van der Waals surface area contributed by atoms with E-state index in [0.717, 1.165) is 52.6 Å². The fourth-order valence-corrected chi connectivity index (χ4v) is 2.56. The minimum Gasteiger partial charge on any atom is -0.473 e. The Kier molecular flexibility index (Phi) is 6.90. The van der Waals surface area contributed by atoms with E-state index in [1.807, 2.05) is 0 Å². The topological polar surface area (TPSA) is 152 Å². The molecule has 138 valence electrons. The molecule has 6 N–H and O–H groups in total. The monoisotopic (exact) mass is 346 g/mol. The van der Waals surface area contributed by atoms with E-state index in [-0.39, 0.29) is 0 Å². The highest BCUT2D eigenvalue weighted by Gasteiger charge is 2.34. The van der Waals surface area contributed by atoms with Crippen LogP contribution in [0.5, 0.6) is 0 Å². The van der Waals surface area contributed by atoms with E-state index in [4.69, 9.17) is 40.7 Å². The number of hydrogen-bond donors (Lipinski definition) is 4. The largest absolute Gasteiger partial charge is 0.473 e. The molecule has 4 aliphatic rings. The average molecular weight is 346 g/mol. The van der Waals surface area contributed by atoms with Gasteiger partial charge < -0.3 is 31.2 Å². The second-order valence-corrected chi connectivity index (χ2v) is 6.42. The molecule has 4 rings (SSSR count). The molecule has 0 aliphatic carbocycles. The van der Waals surface area contributed by atoms with Gasteiger partial charge in [0.1, 0.15) is 0 Å². The van der Waals surface area contributed by atoms with Crippen LogP contribution >= 0.6 is 0 Å². The third-order valence-corrected chi connectivity index (χ3v) is 4.33. The van der Waals surface area contributed by atoms with Gasteiger partial charge in [-0.2, -0.15) is 0 Å². The van der Waals surface area contributed by atoms with Gasteiger partial charge in [-0.3, -0.25) is 9.80 Å². The molecule has 10 heteroatoms. The van der Waals surface area contributed by atoms with Gasteiger partial charge in [-0.1, -0.05) is 0 Å². The highest BCUT2D eigenvalue weighted by molar-refractivity contribution is 6.27. The van der Waals surface area contributed by atoms with Crippen molar-refractivity contribution in [3.63, 3.8) is 0 Å². The summed E-state index contributed by atoms with van der Waals surface area (Å²) < 4.78 is 10.1. The molecule has 0 bridgehead atoms. The summed E-state index contributed by atoms with van der Waals surface area (Å²) in [6.45, 7) is 8.00. The first kappa shape index (κ1) is 19.0. The van der Waals surface area contributed by atoms with Crippen molar-refractivity contribution in [1.82, 2.24) is 9.80 Å². The summed E-state index contributed by atoms with van der Waals surface area (Å²) in [7, 11) is 0. The highest BCUT2D eigenvalue weighted by atomic mass is 16.5. The van der Waals surface area contributed by atoms with Crippen molar-refractivity contribution in [3.8, 4) is 0 Å². The Bertz CT molecular complexity index is 391. The number of rotatable bonds is 2. The van der Waals surface area contributed by atoms with E-state index < -0.39 is 11.9 Å². The Hall–Kier alpha value is -1.30. The first-order valence-electron chi connectivity index (χ1n) is 7.97. The molecule has 0 radical (unpaired) electrons. The van der Waals surface area contributed by atoms with Crippen molar-refractivity contribution in [3.05, 3.63) is 0 Å². The third kappa shape index (κ3) is 5.36. The van der Waals surface area contributed by atoms with Crippen LogP contribution in [0.2, 0.25) is 0 Å². The first-order chi connectivity index (χ1) is 11.4. The summed E-state index contributed by atoms with van der Waals surface area (Å²) >= 11 is 0. The predicted molar refractivity (Wildman–Crippen MR) is 83.6 cm³/mol. The molecule has 0 aromatic rings.